The summed E-state index contributed by atoms with van der Waals surface area (Å²) in [5, 5.41) is 6.20. The van der Waals surface area contributed by atoms with Crippen LogP contribution in [0.2, 0.25) is 0 Å². The molecule has 2 heterocycles. The highest BCUT2D eigenvalue weighted by Gasteiger charge is 2.20. The lowest BCUT2D eigenvalue weighted by atomic mass is 10.0. The number of likely N-dealkylation sites (tertiary alicyclic amines) is 1. The summed E-state index contributed by atoms with van der Waals surface area (Å²) >= 11 is 0. The van der Waals surface area contributed by atoms with Gasteiger partial charge in [-0.05, 0) is 69.4 Å². The number of nitrogens with zero attached hydrogens (tertiary/aromatic N) is 3. The number of anilines is 2. The maximum atomic E-state index is 12.7. The van der Waals surface area contributed by atoms with Crippen molar-refractivity contribution in [3.63, 3.8) is 0 Å². The number of carbonyl (C=O) groups excluding carboxylic acids is 2. The van der Waals surface area contributed by atoms with Gasteiger partial charge in [0.2, 0.25) is 17.7 Å². The van der Waals surface area contributed by atoms with Crippen LogP contribution in [0.5, 0.6) is 17.4 Å². The Balaban J connectivity index is 1.44. The summed E-state index contributed by atoms with van der Waals surface area (Å²) in [6.07, 6.45) is 3.40. The summed E-state index contributed by atoms with van der Waals surface area (Å²) in [6, 6.07) is 13.4. The van der Waals surface area contributed by atoms with Gasteiger partial charge in [0.25, 0.3) is 5.91 Å². The molecule has 1 saturated heterocycles. The van der Waals surface area contributed by atoms with Gasteiger partial charge in [0.05, 0.1) is 12.8 Å². The fourth-order valence-corrected chi connectivity index (χ4v) is 3.77. The second-order valence-corrected chi connectivity index (χ2v) is 8.30. The molecule has 10 heteroatoms. The number of piperidine rings is 1. The number of benzene rings is 2. The first-order chi connectivity index (χ1) is 16.9. The lowest BCUT2D eigenvalue weighted by Gasteiger charge is -2.29. The predicted octanol–water partition coefficient (Wildman–Crippen LogP) is 2.94. The number of carbonyl (C=O) groups is 2. The summed E-state index contributed by atoms with van der Waals surface area (Å²) < 4.78 is 11.2. The lowest BCUT2D eigenvalue weighted by Crippen LogP contribution is -2.43. The topological polar surface area (TPSA) is 132 Å². The average Bonchev–Trinajstić information content (AvgIpc) is 2.86. The molecule has 1 aliphatic heterocycles. The molecule has 0 saturated carbocycles. The lowest BCUT2D eigenvalue weighted by molar-refractivity contribution is 0.0915. The molecule has 2 aromatic carbocycles. The zero-order chi connectivity index (χ0) is 24.8. The maximum Gasteiger partial charge on any atom is 0.251 e. The minimum Gasteiger partial charge on any atom is -0.495 e. The number of aromatic nitrogens is 2. The van der Waals surface area contributed by atoms with E-state index in [9.17, 15) is 9.59 Å². The number of amides is 2. The van der Waals surface area contributed by atoms with Crippen molar-refractivity contribution in [2.24, 2.45) is 5.73 Å². The first kappa shape index (κ1) is 24.0. The minimum atomic E-state index is -0.545. The van der Waals surface area contributed by atoms with Crippen LogP contribution in [-0.2, 0) is 0 Å². The van der Waals surface area contributed by atoms with Crippen LogP contribution >= 0.6 is 0 Å². The third kappa shape index (κ3) is 6.24. The molecular weight excluding hydrogens is 448 g/mol. The molecule has 1 aliphatic rings. The molecule has 182 valence electrons. The standard InChI is InChI=1S/C25H28N6O4/c1-31-12-9-18(10-13-31)28-24(33)17-6-7-20(21(15-17)34-2)29-25-27-11-8-22(30-25)35-19-5-3-4-16(14-19)23(26)32/h3-8,11,14-15,18H,9-10,12-13H2,1-2H3,(H2,26,32)(H,28,33)(H,27,29,30). The number of nitrogens with two attached hydrogens (primary N) is 1. The number of methoxy groups -OCH3 is 1. The van der Waals surface area contributed by atoms with Gasteiger partial charge in [0, 0.05) is 29.4 Å². The van der Waals surface area contributed by atoms with Gasteiger partial charge in [-0.2, -0.15) is 4.98 Å². The van der Waals surface area contributed by atoms with Gasteiger partial charge < -0.3 is 30.7 Å². The Morgan fingerprint density at radius 2 is 1.89 bits per heavy atom. The summed E-state index contributed by atoms with van der Waals surface area (Å²) in [7, 11) is 3.62. The third-order valence-corrected chi connectivity index (χ3v) is 5.73. The quantitative estimate of drug-likeness (QED) is 0.452. The highest BCUT2D eigenvalue weighted by atomic mass is 16.5. The van der Waals surface area contributed by atoms with Crippen LogP contribution < -0.4 is 25.8 Å². The van der Waals surface area contributed by atoms with Gasteiger partial charge in [-0.1, -0.05) is 6.07 Å². The van der Waals surface area contributed by atoms with Crippen molar-refractivity contribution < 1.29 is 19.1 Å². The van der Waals surface area contributed by atoms with E-state index in [4.69, 9.17) is 15.2 Å². The van der Waals surface area contributed by atoms with E-state index in [-0.39, 0.29) is 23.8 Å². The summed E-state index contributed by atoms with van der Waals surface area (Å²) in [4.78, 5) is 35.0. The van der Waals surface area contributed by atoms with Gasteiger partial charge in [-0.15, -0.1) is 0 Å². The summed E-state index contributed by atoms with van der Waals surface area (Å²) in [5.41, 5.74) is 6.77. The van der Waals surface area contributed by atoms with Gasteiger partial charge in [0.1, 0.15) is 11.5 Å². The van der Waals surface area contributed by atoms with Gasteiger partial charge in [0.15, 0.2) is 0 Å². The Bertz CT molecular complexity index is 1210. The molecule has 0 aliphatic carbocycles. The van der Waals surface area contributed by atoms with Crippen LogP contribution in [0.4, 0.5) is 11.6 Å². The maximum absolute atomic E-state index is 12.7. The molecule has 0 spiro atoms. The molecule has 35 heavy (non-hydrogen) atoms. The van der Waals surface area contributed by atoms with Crippen molar-refractivity contribution in [3.8, 4) is 17.4 Å². The zero-order valence-electron chi connectivity index (χ0n) is 19.7. The summed E-state index contributed by atoms with van der Waals surface area (Å²) in [6.45, 7) is 1.94. The number of rotatable bonds is 8. The van der Waals surface area contributed by atoms with Gasteiger partial charge >= 0.3 is 0 Å². The smallest absolute Gasteiger partial charge is 0.251 e. The Morgan fingerprint density at radius 1 is 1.09 bits per heavy atom. The van der Waals surface area contributed by atoms with Crippen molar-refractivity contribution in [3.05, 3.63) is 65.9 Å². The fraction of sp³-hybridized carbons (Fsp3) is 0.280. The van der Waals surface area contributed by atoms with E-state index in [1.807, 2.05) is 0 Å². The van der Waals surface area contributed by atoms with Crippen molar-refractivity contribution >= 4 is 23.5 Å². The SMILES string of the molecule is COc1cc(C(=O)NC2CCN(C)CC2)ccc1Nc1nccc(Oc2cccc(C(N)=O)c2)n1. The van der Waals surface area contributed by atoms with Crippen LogP contribution in [0, 0.1) is 0 Å². The zero-order valence-corrected chi connectivity index (χ0v) is 19.7. The average molecular weight is 477 g/mol. The largest absolute Gasteiger partial charge is 0.495 e. The van der Waals surface area contributed by atoms with Crippen molar-refractivity contribution in [2.45, 2.75) is 18.9 Å². The Labute approximate surface area is 203 Å². The second kappa shape index (κ2) is 10.8. The highest BCUT2D eigenvalue weighted by Crippen LogP contribution is 2.29. The van der Waals surface area contributed by atoms with Crippen LogP contribution in [0.3, 0.4) is 0 Å². The number of primary amides is 1. The van der Waals surface area contributed by atoms with E-state index < -0.39 is 5.91 Å². The third-order valence-electron chi connectivity index (χ3n) is 5.73. The van der Waals surface area contributed by atoms with E-state index in [0.717, 1.165) is 25.9 Å². The molecule has 4 N–H and O–H groups in total. The molecule has 0 radical (unpaired) electrons. The van der Waals surface area contributed by atoms with Gasteiger partial charge in [-0.3, -0.25) is 9.59 Å². The number of ether oxygens (including phenoxy) is 2. The number of nitrogens with one attached hydrogen (secondary N) is 2. The number of hydrogen-bond donors (Lipinski definition) is 3. The molecule has 4 rings (SSSR count). The predicted molar refractivity (Wildman–Crippen MR) is 131 cm³/mol. The molecule has 0 unspecified atom stereocenters. The molecule has 0 bridgehead atoms. The molecule has 10 nitrogen and oxygen atoms in total. The Hall–Kier alpha value is -4.18. The van der Waals surface area contributed by atoms with Crippen molar-refractivity contribution in [1.82, 2.24) is 20.2 Å². The van der Waals surface area contributed by atoms with Crippen LogP contribution in [-0.4, -0.2) is 60.0 Å². The molecular formula is C25H28N6O4. The first-order valence-corrected chi connectivity index (χ1v) is 11.3. The van der Waals surface area contributed by atoms with Crippen LogP contribution in [0.15, 0.2) is 54.7 Å². The highest BCUT2D eigenvalue weighted by molar-refractivity contribution is 5.95. The normalized spacial score (nSPS) is 14.2. The van der Waals surface area contributed by atoms with Crippen LogP contribution in [0.25, 0.3) is 0 Å². The Morgan fingerprint density at radius 3 is 2.63 bits per heavy atom. The summed E-state index contributed by atoms with van der Waals surface area (Å²) in [5.74, 6) is 0.770. The molecule has 1 aromatic heterocycles. The van der Waals surface area contributed by atoms with E-state index >= 15 is 0 Å². The molecule has 0 atom stereocenters. The van der Waals surface area contributed by atoms with E-state index in [1.54, 1.807) is 48.7 Å². The molecule has 3 aromatic rings. The molecule has 2 amide bonds. The monoisotopic (exact) mass is 476 g/mol. The van der Waals surface area contributed by atoms with E-state index in [1.165, 1.54) is 13.2 Å². The minimum absolute atomic E-state index is 0.130. The van der Waals surface area contributed by atoms with Crippen molar-refractivity contribution in [2.75, 3.05) is 32.6 Å². The van der Waals surface area contributed by atoms with Gasteiger partial charge in [-0.25, -0.2) is 4.98 Å². The van der Waals surface area contributed by atoms with E-state index in [2.05, 4.69) is 32.5 Å². The van der Waals surface area contributed by atoms with E-state index in [0.29, 0.717) is 28.3 Å². The molecule has 1 fully saturated rings. The van der Waals surface area contributed by atoms with Crippen molar-refractivity contribution in [1.29, 1.82) is 0 Å². The first-order valence-electron chi connectivity index (χ1n) is 11.3. The van der Waals surface area contributed by atoms with Crippen LogP contribution in [0.1, 0.15) is 33.6 Å². The Kier molecular flexibility index (Phi) is 7.41. The second-order valence-electron chi connectivity index (χ2n) is 8.30. The number of hydrogen-bond acceptors (Lipinski definition) is 8. The fourth-order valence-electron chi connectivity index (χ4n) is 3.77.